The van der Waals surface area contributed by atoms with Crippen molar-refractivity contribution in [3.63, 3.8) is 0 Å². The molecule has 0 bridgehead atoms. The molecule has 0 aliphatic rings. The number of phenolic OH excluding ortho intramolecular Hbond substituents is 1. The largest absolute Gasteiger partial charge is 0.508 e. The number of hydrogen-bond donors (Lipinski definition) is 2. The molecule has 0 aliphatic heterocycles. The number of benzene rings is 2. The van der Waals surface area contributed by atoms with Gasteiger partial charge in [-0.3, -0.25) is 0 Å². The first-order valence-electron chi connectivity index (χ1n) is 5.33. The van der Waals surface area contributed by atoms with Crippen LogP contribution in [0.15, 0.2) is 48.5 Å². The molecule has 0 atom stereocenters. The molecule has 2 aromatic rings. The molecule has 0 amide bonds. The summed E-state index contributed by atoms with van der Waals surface area (Å²) in [5.74, 6) is 0.308. The smallest absolute Gasteiger partial charge is 0.115 e. The predicted octanol–water partition coefficient (Wildman–Crippen LogP) is 3.73. The lowest BCUT2D eigenvalue weighted by molar-refractivity contribution is 0.475. The van der Waals surface area contributed by atoms with Crippen LogP contribution >= 0.6 is 12.4 Å². The van der Waals surface area contributed by atoms with E-state index in [4.69, 9.17) is 0 Å². The molecule has 2 N–H and O–H groups in total. The van der Waals surface area contributed by atoms with Gasteiger partial charge in [0.05, 0.1) is 0 Å². The average molecular weight is 250 g/mol. The zero-order valence-corrected chi connectivity index (χ0v) is 10.5. The summed E-state index contributed by atoms with van der Waals surface area (Å²) in [6.45, 7) is 2.78. The van der Waals surface area contributed by atoms with Crippen molar-refractivity contribution in [2.75, 3.05) is 5.32 Å². The fourth-order valence-corrected chi connectivity index (χ4v) is 1.64. The summed E-state index contributed by atoms with van der Waals surface area (Å²) in [6.07, 6.45) is 0. The number of aromatic hydroxyl groups is 1. The van der Waals surface area contributed by atoms with Crippen LogP contribution in [0.3, 0.4) is 0 Å². The van der Waals surface area contributed by atoms with E-state index in [0.717, 1.165) is 17.8 Å². The van der Waals surface area contributed by atoms with Crippen molar-refractivity contribution in [2.24, 2.45) is 0 Å². The van der Waals surface area contributed by atoms with Gasteiger partial charge < -0.3 is 10.4 Å². The van der Waals surface area contributed by atoms with Crippen molar-refractivity contribution in [2.45, 2.75) is 13.5 Å². The van der Waals surface area contributed by atoms with Gasteiger partial charge in [0.2, 0.25) is 0 Å². The summed E-state index contributed by atoms with van der Waals surface area (Å²) in [7, 11) is 0. The Kier molecular flexibility index (Phi) is 4.85. The van der Waals surface area contributed by atoms with E-state index in [0.29, 0.717) is 5.75 Å². The average Bonchev–Trinajstić information content (AvgIpc) is 2.29. The molecule has 3 heteroatoms. The van der Waals surface area contributed by atoms with Crippen LogP contribution in [0.4, 0.5) is 5.69 Å². The molecule has 90 valence electrons. The standard InChI is InChI=1S/C14H15NO.ClH/c1-11-9-13(16)7-8-14(11)15-10-12-5-3-2-4-6-12;/h2-9,15-16H,10H2,1H3;1H. The fourth-order valence-electron chi connectivity index (χ4n) is 1.64. The Balaban J connectivity index is 0.00000144. The third-order valence-corrected chi connectivity index (χ3v) is 2.54. The molecule has 2 rings (SSSR count). The maximum Gasteiger partial charge on any atom is 0.115 e. The highest BCUT2D eigenvalue weighted by Gasteiger charge is 1.98. The first-order valence-corrected chi connectivity index (χ1v) is 5.33. The first kappa shape index (κ1) is 13.4. The SMILES string of the molecule is Cc1cc(O)ccc1NCc1ccccc1.Cl. The molecular formula is C14H16ClNO. The van der Waals surface area contributed by atoms with Gasteiger partial charge in [-0.05, 0) is 36.2 Å². The van der Waals surface area contributed by atoms with E-state index in [9.17, 15) is 5.11 Å². The third-order valence-electron chi connectivity index (χ3n) is 2.54. The lowest BCUT2D eigenvalue weighted by Crippen LogP contribution is -2.00. The van der Waals surface area contributed by atoms with Crippen molar-refractivity contribution >= 4 is 18.1 Å². The fraction of sp³-hybridized carbons (Fsp3) is 0.143. The third kappa shape index (κ3) is 3.68. The molecule has 0 aliphatic carbocycles. The zero-order chi connectivity index (χ0) is 11.4. The second-order valence-corrected chi connectivity index (χ2v) is 3.84. The summed E-state index contributed by atoms with van der Waals surface area (Å²) >= 11 is 0. The highest BCUT2D eigenvalue weighted by molar-refractivity contribution is 5.85. The number of phenols is 1. The van der Waals surface area contributed by atoms with E-state index >= 15 is 0 Å². The molecule has 0 radical (unpaired) electrons. The van der Waals surface area contributed by atoms with Gasteiger partial charge in [-0.2, -0.15) is 0 Å². The van der Waals surface area contributed by atoms with Crippen LogP contribution in [-0.4, -0.2) is 5.11 Å². The van der Waals surface area contributed by atoms with E-state index in [-0.39, 0.29) is 12.4 Å². The summed E-state index contributed by atoms with van der Waals surface area (Å²) in [6, 6.07) is 15.6. The molecule has 0 fully saturated rings. The van der Waals surface area contributed by atoms with Crippen LogP contribution in [0.1, 0.15) is 11.1 Å². The number of halogens is 1. The molecular weight excluding hydrogens is 234 g/mol. The lowest BCUT2D eigenvalue weighted by atomic mass is 10.1. The molecule has 0 spiro atoms. The minimum absolute atomic E-state index is 0. The maximum absolute atomic E-state index is 9.29. The molecule has 2 nitrogen and oxygen atoms in total. The Morgan fingerprint density at radius 2 is 1.76 bits per heavy atom. The number of anilines is 1. The molecule has 0 heterocycles. The van der Waals surface area contributed by atoms with E-state index in [1.807, 2.05) is 31.2 Å². The molecule has 0 saturated heterocycles. The van der Waals surface area contributed by atoms with Crippen LogP contribution in [0.5, 0.6) is 5.75 Å². The van der Waals surface area contributed by atoms with Crippen molar-refractivity contribution in [3.8, 4) is 5.75 Å². The van der Waals surface area contributed by atoms with Crippen LogP contribution in [0.25, 0.3) is 0 Å². The Morgan fingerprint density at radius 1 is 1.06 bits per heavy atom. The first-order chi connectivity index (χ1) is 7.75. The van der Waals surface area contributed by atoms with Gasteiger partial charge in [-0.25, -0.2) is 0 Å². The Hall–Kier alpha value is -1.67. The highest BCUT2D eigenvalue weighted by Crippen LogP contribution is 2.20. The number of aryl methyl sites for hydroxylation is 1. The quantitative estimate of drug-likeness (QED) is 0.813. The van der Waals surface area contributed by atoms with E-state index in [1.54, 1.807) is 12.1 Å². The van der Waals surface area contributed by atoms with E-state index < -0.39 is 0 Å². The topological polar surface area (TPSA) is 32.3 Å². The second kappa shape index (κ2) is 6.16. The predicted molar refractivity (Wildman–Crippen MR) is 73.9 cm³/mol. The van der Waals surface area contributed by atoms with E-state index in [2.05, 4.69) is 17.4 Å². The number of rotatable bonds is 3. The van der Waals surface area contributed by atoms with Gasteiger partial charge in [0.1, 0.15) is 5.75 Å². The van der Waals surface area contributed by atoms with Gasteiger partial charge in [-0.1, -0.05) is 30.3 Å². The van der Waals surface area contributed by atoms with Gasteiger partial charge in [0, 0.05) is 12.2 Å². The summed E-state index contributed by atoms with van der Waals surface area (Å²) in [4.78, 5) is 0. The van der Waals surface area contributed by atoms with Crippen LogP contribution in [0.2, 0.25) is 0 Å². The molecule has 0 saturated carbocycles. The van der Waals surface area contributed by atoms with Gasteiger partial charge in [0.15, 0.2) is 0 Å². The van der Waals surface area contributed by atoms with Crippen LogP contribution < -0.4 is 5.32 Å². The maximum atomic E-state index is 9.29. The van der Waals surface area contributed by atoms with Crippen LogP contribution in [-0.2, 0) is 6.54 Å². The summed E-state index contributed by atoms with van der Waals surface area (Å²) in [5.41, 5.74) is 3.35. The van der Waals surface area contributed by atoms with Crippen molar-refractivity contribution in [1.29, 1.82) is 0 Å². The Morgan fingerprint density at radius 3 is 2.41 bits per heavy atom. The monoisotopic (exact) mass is 249 g/mol. The number of hydrogen-bond acceptors (Lipinski definition) is 2. The lowest BCUT2D eigenvalue weighted by Gasteiger charge is -2.09. The second-order valence-electron chi connectivity index (χ2n) is 3.84. The van der Waals surface area contributed by atoms with Crippen molar-refractivity contribution in [3.05, 3.63) is 59.7 Å². The minimum Gasteiger partial charge on any atom is -0.508 e. The van der Waals surface area contributed by atoms with Gasteiger partial charge >= 0.3 is 0 Å². The molecule has 0 aromatic heterocycles. The molecule has 17 heavy (non-hydrogen) atoms. The minimum atomic E-state index is 0. The van der Waals surface area contributed by atoms with Gasteiger partial charge in [0.25, 0.3) is 0 Å². The normalized spacial score (nSPS) is 9.47. The van der Waals surface area contributed by atoms with Gasteiger partial charge in [-0.15, -0.1) is 12.4 Å². The summed E-state index contributed by atoms with van der Waals surface area (Å²) < 4.78 is 0. The summed E-state index contributed by atoms with van der Waals surface area (Å²) in [5, 5.41) is 12.6. The number of nitrogens with one attached hydrogen (secondary N) is 1. The van der Waals surface area contributed by atoms with Crippen molar-refractivity contribution < 1.29 is 5.11 Å². The molecule has 2 aromatic carbocycles. The zero-order valence-electron chi connectivity index (χ0n) is 9.68. The Labute approximate surface area is 108 Å². The van der Waals surface area contributed by atoms with Crippen molar-refractivity contribution in [1.82, 2.24) is 0 Å². The highest BCUT2D eigenvalue weighted by atomic mass is 35.5. The molecule has 0 unspecified atom stereocenters. The Bertz CT molecular complexity index is 471. The van der Waals surface area contributed by atoms with E-state index in [1.165, 1.54) is 5.56 Å². The van der Waals surface area contributed by atoms with Crippen LogP contribution in [0, 0.1) is 6.92 Å².